The van der Waals surface area contributed by atoms with E-state index in [0.717, 1.165) is 18.5 Å². The Bertz CT molecular complexity index is 338. The SMILES string of the molecule is O/N=C/c1cc2n(n1)C=CCC2. The Labute approximate surface area is 69.8 Å². The molecule has 0 spiro atoms. The molecule has 4 nitrogen and oxygen atoms in total. The summed E-state index contributed by atoms with van der Waals surface area (Å²) in [4.78, 5) is 0. The van der Waals surface area contributed by atoms with Crippen molar-refractivity contribution < 1.29 is 5.21 Å². The van der Waals surface area contributed by atoms with E-state index < -0.39 is 0 Å². The first-order valence-corrected chi connectivity index (χ1v) is 3.82. The normalized spacial score (nSPS) is 15.3. The van der Waals surface area contributed by atoms with Crippen LogP contribution in [0.2, 0.25) is 0 Å². The third-order valence-corrected chi connectivity index (χ3v) is 1.84. The number of aromatic nitrogens is 2. The van der Waals surface area contributed by atoms with Crippen LogP contribution >= 0.6 is 0 Å². The minimum Gasteiger partial charge on any atom is -0.411 e. The zero-order valence-electron chi connectivity index (χ0n) is 6.51. The van der Waals surface area contributed by atoms with Crippen molar-refractivity contribution in [2.45, 2.75) is 12.8 Å². The van der Waals surface area contributed by atoms with Crippen LogP contribution in [-0.2, 0) is 6.42 Å². The summed E-state index contributed by atoms with van der Waals surface area (Å²) in [5.41, 5.74) is 1.85. The fraction of sp³-hybridized carbons (Fsp3) is 0.250. The number of hydrogen-bond acceptors (Lipinski definition) is 3. The van der Waals surface area contributed by atoms with Crippen LogP contribution in [0.4, 0.5) is 0 Å². The van der Waals surface area contributed by atoms with Crippen LogP contribution in [0.25, 0.3) is 6.20 Å². The second-order valence-corrected chi connectivity index (χ2v) is 2.67. The molecule has 1 aliphatic rings. The van der Waals surface area contributed by atoms with E-state index in [2.05, 4.69) is 16.3 Å². The van der Waals surface area contributed by atoms with Gasteiger partial charge in [-0.2, -0.15) is 5.10 Å². The molecule has 1 N–H and O–H groups in total. The molecule has 62 valence electrons. The smallest absolute Gasteiger partial charge is 0.107 e. The lowest BCUT2D eigenvalue weighted by molar-refractivity contribution is 0.321. The van der Waals surface area contributed by atoms with Gasteiger partial charge in [0.05, 0.1) is 6.21 Å². The van der Waals surface area contributed by atoms with E-state index in [1.54, 1.807) is 4.68 Å². The molecular formula is C8H9N3O. The second kappa shape index (κ2) is 2.81. The maximum atomic E-state index is 8.28. The molecule has 1 aromatic rings. The molecule has 0 fully saturated rings. The number of rotatable bonds is 1. The van der Waals surface area contributed by atoms with E-state index in [4.69, 9.17) is 5.21 Å². The van der Waals surface area contributed by atoms with Crippen molar-refractivity contribution in [1.82, 2.24) is 9.78 Å². The highest BCUT2D eigenvalue weighted by molar-refractivity contribution is 5.76. The lowest BCUT2D eigenvalue weighted by Gasteiger charge is -2.04. The minimum atomic E-state index is 0.694. The molecule has 0 amide bonds. The van der Waals surface area contributed by atoms with Gasteiger partial charge in [0.25, 0.3) is 0 Å². The molecule has 0 aromatic carbocycles. The number of aryl methyl sites for hydroxylation is 1. The van der Waals surface area contributed by atoms with Crippen molar-refractivity contribution in [3.05, 3.63) is 23.5 Å². The van der Waals surface area contributed by atoms with Gasteiger partial charge in [0.15, 0.2) is 0 Å². The van der Waals surface area contributed by atoms with Crippen LogP contribution in [0.1, 0.15) is 17.8 Å². The second-order valence-electron chi connectivity index (χ2n) is 2.67. The molecule has 0 unspecified atom stereocenters. The zero-order valence-corrected chi connectivity index (χ0v) is 6.51. The van der Waals surface area contributed by atoms with E-state index in [-0.39, 0.29) is 0 Å². The van der Waals surface area contributed by atoms with E-state index in [1.807, 2.05) is 12.3 Å². The highest BCUT2D eigenvalue weighted by atomic mass is 16.4. The lowest BCUT2D eigenvalue weighted by Crippen LogP contribution is -2.00. The lowest BCUT2D eigenvalue weighted by atomic mass is 10.2. The Kier molecular flexibility index (Phi) is 1.66. The van der Waals surface area contributed by atoms with E-state index in [1.165, 1.54) is 6.21 Å². The highest BCUT2D eigenvalue weighted by Gasteiger charge is 2.06. The molecule has 2 rings (SSSR count). The number of hydrogen-bond donors (Lipinski definition) is 1. The fourth-order valence-corrected chi connectivity index (χ4v) is 1.30. The Hall–Kier alpha value is -1.58. The van der Waals surface area contributed by atoms with Crippen LogP contribution in [0.5, 0.6) is 0 Å². The predicted octanol–water partition coefficient (Wildman–Crippen LogP) is 1.11. The average Bonchev–Trinajstić information content (AvgIpc) is 2.47. The summed E-state index contributed by atoms with van der Waals surface area (Å²) >= 11 is 0. The standard InChI is InChI=1S/C8H9N3O/c12-9-6-7-5-8-3-1-2-4-11(8)10-7/h2,4-6,12H,1,3H2/b9-6+. The Balaban J connectivity index is 2.39. The van der Waals surface area contributed by atoms with Crippen molar-refractivity contribution in [1.29, 1.82) is 0 Å². The van der Waals surface area contributed by atoms with Gasteiger partial charge in [-0.15, -0.1) is 0 Å². The predicted molar refractivity (Wildman–Crippen MR) is 45.3 cm³/mol. The van der Waals surface area contributed by atoms with Gasteiger partial charge in [0.1, 0.15) is 5.69 Å². The molecule has 4 heteroatoms. The molecule has 1 aliphatic heterocycles. The van der Waals surface area contributed by atoms with Crippen molar-refractivity contribution >= 4 is 12.4 Å². The van der Waals surface area contributed by atoms with Crippen LogP contribution in [0.15, 0.2) is 17.3 Å². The third-order valence-electron chi connectivity index (χ3n) is 1.84. The largest absolute Gasteiger partial charge is 0.411 e. The Morgan fingerprint density at radius 3 is 3.33 bits per heavy atom. The first-order chi connectivity index (χ1) is 5.90. The molecular weight excluding hydrogens is 154 g/mol. The van der Waals surface area contributed by atoms with Gasteiger partial charge in [0, 0.05) is 11.9 Å². The first-order valence-electron chi connectivity index (χ1n) is 3.82. The number of oxime groups is 1. The van der Waals surface area contributed by atoms with Crippen LogP contribution in [-0.4, -0.2) is 21.2 Å². The number of fused-ring (bicyclic) bond motifs is 1. The van der Waals surface area contributed by atoms with Crippen molar-refractivity contribution in [3.63, 3.8) is 0 Å². The zero-order chi connectivity index (χ0) is 8.39. The maximum absolute atomic E-state index is 8.28. The molecule has 0 radical (unpaired) electrons. The average molecular weight is 163 g/mol. The molecule has 0 saturated heterocycles. The highest BCUT2D eigenvalue weighted by Crippen LogP contribution is 2.11. The van der Waals surface area contributed by atoms with Crippen LogP contribution in [0, 0.1) is 0 Å². The van der Waals surface area contributed by atoms with E-state index in [9.17, 15) is 0 Å². The monoisotopic (exact) mass is 163 g/mol. The summed E-state index contributed by atoms with van der Waals surface area (Å²) in [5.74, 6) is 0. The summed E-state index contributed by atoms with van der Waals surface area (Å²) in [6.45, 7) is 0. The molecule has 0 saturated carbocycles. The van der Waals surface area contributed by atoms with Crippen LogP contribution < -0.4 is 0 Å². The maximum Gasteiger partial charge on any atom is 0.107 e. The molecule has 0 atom stereocenters. The molecule has 0 bridgehead atoms. The fourth-order valence-electron chi connectivity index (χ4n) is 1.30. The van der Waals surface area contributed by atoms with Gasteiger partial charge in [-0.1, -0.05) is 11.2 Å². The van der Waals surface area contributed by atoms with Gasteiger partial charge in [-0.25, -0.2) is 4.68 Å². The third kappa shape index (κ3) is 1.11. The minimum absolute atomic E-state index is 0.694. The summed E-state index contributed by atoms with van der Waals surface area (Å²) < 4.78 is 1.81. The number of nitrogens with zero attached hydrogens (tertiary/aromatic N) is 3. The van der Waals surface area contributed by atoms with Gasteiger partial charge in [-0.05, 0) is 18.9 Å². The number of allylic oxidation sites excluding steroid dienone is 1. The summed E-state index contributed by atoms with van der Waals surface area (Å²) in [7, 11) is 0. The van der Waals surface area contributed by atoms with Gasteiger partial charge < -0.3 is 5.21 Å². The van der Waals surface area contributed by atoms with E-state index >= 15 is 0 Å². The molecule has 0 aliphatic carbocycles. The summed E-state index contributed by atoms with van der Waals surface area (Å²) in [5, 5.41) is 15.4. The van der Waals surface area contributed by atoms with Gasteiger partial charge >= 0.3 is 0 Å². The summed E-state index contributed by atoms with van der Waals surface area (Å²) in [6, 6.07) is 1.92. The molecule has 2 heterocycles. The topological polar surface area (TPSA) is 50.4 Å². The Morgan fingerprint density at radius 1 is 1.67 bits per heavy atom. The van der Waals surface area contributed by atoms with Crippen molar-refractivity contribution in [2.75, 3.05) is 0 Å². The molecule has 1 aromatic heterocycles. The van der Waals surface area contributed by atoms with Gasteiger partial charge in [0.2, 0.25) is 0 Å². The van der Waals surface area contributed by atoms with Crippen molar-refractivity contribution in [3.8, 4) is 0 Å². The van der Waals surface area contributed by atoms with E-state index in [0.29, 0.717) is 5.69 Å². The summed E-state index contributed by atoms with van der Waals surface area (Å²) in [6.07, 6.45) is 7.39. The Morgan fingerprint density at radius 2 is 2.58 bits per heavy atom. The van der Waals surface area contributed by atoms with Crippen molar-refractivity contribution in [2.24, 2.45) is 5.16 Å². The van der Waals surface area contributed by atoms with Crippen LogP contribution in [0.3, 0.4) is 0 Å². The first kappa shape index (κ1) is 7.09. The molecule has 12 heavy (non-hydrogen) atoms. The van der Waals surface area contributed by atoms with Gasteiger partial charge in [-0.3, -0.25) is 0 Å². The quantitative estimate of drug-likeness (QED) is 0.383.